The molecule has 1 N–H and O–H groups in total. The summed E-state index contributed by atoms with van der Waals surface area (Å²) >= 11 is 0. The number of tetrazole rings is 1. The molecule has 0 bridgehead atoms. The largest absolute Gasteiger partial charge is 0.316 e. The molecule has 1 saturated carbocycles. The molecule has 0 aromatic carbocycles. The van der Waals surface area contributed by atoms with E-state index in [4.69, 9.17) is 0 Å². The summed E-state index contributed by atoms with van der Waals surface area (Å²) in [6.07, 6.45) is 5.25. The summed E-state index contributed by atoms with van der Waals surface area (Å²) in [4.78, 5) is 0. The molecule has 0 amide bonds. The molecular weight excluding hydrogens is 190 g/mol. The van der Waals surface area contributed by atoms with Gasteiger partial charge in [0, 0.05) is 19.0 Å². The van der Waals surface area contributed by atoms with Crippen LogP contribution in [0.15, 0.2) is 0 Å². The van der Waals surface area contributed by atoms with Crippen LogP contribution in [0.25, 0.3) is 0 Å². The smallest absolute Gasteiger partial charge is 0.155 e. The number of hydrogen-bond donors (Lipinski definition) is 1. The molecule has 1 aromatic rings. The van der Waals surface area contributed by atoms with Crippen molar-refractivity contribution in [1.82, 2.24) is 25.5 Å². The maximum Gasteiger partial charge on any atom is 0.155 e. The van der Waals surface area contributed by atoms with Crippen LogP contribution in [0.4, 0.5) is 0 Å². The molecular formula is C10H17N5. The summed E-state index contributed by atoms with van der Waals surface area (Å²) in [7, 11) is 0. The van der Waals surface area contributed by atoms with Crippen molar-refractivity contribution in [3.63, 3.8) is 0 Å². The molecule has 1 aliphatic heterocycles. The third-order valence-corrected chi connectivity index (χ3v) is 3.64. The van der Waals surface area contributed by atoms with Gasteiger partial charge in [0.1, 0.15) is 0 Å². The Hall–Kier alpha value is -0.970. The van der Waals surface area contributed by atoms with Gasteiger partial charge in [-0.05, 0) is 42.2 Å². The van der Waals surface area contributed by atoms with E-state index < -0.39 is 0 Å². The van der Waals surface area contributed by atoms with E-state index in [2.05, 4.69) is 20.8 Å². The fourth-order valence-electron chi connectivity index (χ4n) is 2.43. The molecule has 1 saturated heterocycles. The highest BCUT2D eigenvalue weighted by atomic mass is 15.5. The van der Waals surface area contributed by atoms with Gasteiger partial charge in [0.25, 0.3) is 0 Å². The summed E-state index contributed by atoms with van der Waals surface area (Å²) in [5.74, 6) is 2.44. The molecule has 5 nitrogen and oxygen atoms in total. The molecule has 82 valence electrons. The Morgan fingerprint density at radius 1 is 1.33 bits per heavy atom. The topological polar surface area (TPSA) is 55.6 Å². The minimum atomic E-state index is 0.528. The monoisotopic (exact) mass is 207 g/mol. The van der Waals surface area contributed by atoms with Crippen LogP contribution < -0.4 is 5.32 Å². The van der Waals surface area contributed by atoms with Crippen molar-refractivity contribution in [2.75, 3.05) is 13.1 Å². The molecule has 1 aromatic heterocycles. The number of nitrogens with zero attached hydrogens (tertiary/aromatic N) is 4. The summed E-state index contributed by atoms with van der Waals surface area (Å²) in [6.45, 7) is 3.16. The quantitative estimate of drug-likeness (QED) is 0.786. The van der Waals surface area contributed by atoms with Crippen molar-refractivity contribution in [3.8, 4) is 0 Å². The van der Waals surface area contributed by atoms with Crippen LogP contribution in [0.3, 0.4) is 0 Å². The van der Waals surface area contributed by atoms with Gasteiger partial charge < -0.3 is 5.32 Å². The van der Waals surface area contributed by atoms with E-state index in [1.165, 1.54) is 25.7 Å². The maximum atomic E-state index is 4.17. The van der Waals surface area contributed by atoms with Gasteiger partial charge in [-0.15, -0.1) is 5.10 Å². The summed E-state index contributed by atoms with van der Waals surface area (Å²) in [5.41, 5.74) is 0. The van der Waals surface area contributed by atoms with E-state index in [0.717, 1.165) is 31.4 Å². The second-order valence-corrected chi connectivity index (χ2v) is 4.71. The lowest BCUT2D eigenvalue weighted by Crippen LogP contribution is -2.22. The Bertz CT molecular complexity index is 324. The van der Waals surface area contributed by atoms with Crippen molar-refractivity contribution in [2.24, 2.45) is 5.92 Å². The predicted molar refractivity (Wildman–Crippen MR) is 55.4 cm³/mol. The molecule has 15 heavy (non-hydrogen) atoms. The van der Waals surface area contributed by atoms with E-state index in [-0.39, 0.29) is 0 Å². The van der Waals surface area contributed by atoms with Gasteiger partial charge in [-0.2, -0.15) is 0 Å². The van der Waals surface area contributed by atoms with E-state index >= 15 is 0 Å². The highest BCUT2D eigenvalue weighted by molar-refractivity contribution is 4.98. The molecule has 0 spiro atoms. The molecule has 1 atom stereocenters. The van der Waals surface area contributed by atoms with Crippen molar-refractivity contribution in [2.45, 2.75) is 38.1 Å². The van der Waals surface area contributed by atoms with Crippen LogP contribution in [0.2, 0.25) is 0 Å². The van der Waals surface area contributed by atoms with Gasteiger partial charge in [-0.1, -0.05) is 6.42 Å². The lowest BCUT2D eigenvalue weighted by Gasteiger charge is -2.25. The summed E-state index contributed by atoms with van der Waals surface area (Å²) in [5, 5.41) is 15.5. The fourth-order valence-corrected chi connectivity index (χ4v) is 2.43. The molecule has 3 rings (SSSR count). The van der Waals surface area contributed by atoms with Gasteiger partial charge in [0.2, 0.25) is 0 Å². The van der Waals surface area contributed by atoms with Crippen LogP contribution in [0, 0.1) is 5.92 Å². The van der Waals surface area contributed by atoms with Crippen molar-refractivity contribution in [1.29, 1.82) is 0 Å². The van der Waals surface area contributed by atoms with E-state index in [1.807, 2.05) is 4.68 Å². The third-order valence-electron chi connectivity index (χ3n) is 3.64. The standard InChI is InChI=1S/C10H17N5/c1-2-8(3-1)7-15-10(12-13-14-15)9-4-5-11-6-9/h8-9,11H,1-7H2. The number of aromatic nitrogens is 4. The molecule has 1 unspecified atom stereocenters. The predicted octanol–water partition coefficient (Wildman–Crippen LogP) is 0.550. The van der Waals surface area contributed by atoms with Crippen LogP contribution >= 0.6 is 0 Å². The Balaban J connectivity index is 1.72. The Morgan fingerprint density at radius 2 is 2.27 bits per heavy atom. The summed E-state index contributed by atoms with van der Waals surface area (Å²) < 4.78 is 2.03. The van der Waals surface area contributed by atoms with E-state index in [0.29, 0.717) is 5.92 Å². The molecule has 2 heterocycles. The van der Waals surface area contributed by atoms with Crippen molar-refractivity contribution < 1.29 is 0 Å². The highest BCUT2D eigenvalue weighted by Crippen LogP contribution is 2.29. The second-order valence-electron chi connectivity index (χ2n) is 4.71. The van der Waals surface area contributed by atoms with E-state index in [1.54, 1.807) is 0 Å². The average Bonchev–Trinajstić information content (AvgIpc) is 2.81. The molecule has 0 radical (unpaired) electrons. The number of hydrogen-bond acceptors (Lipinski definition) is 4. The third kappa shape index (κ3) is 1.76. The maximum absolute atomic E-state index is 4.17. The van der Waals surface area contributed by atoms with Gasteiger partial charge in [0.05, 0.1) is 0 Å². The lowest BCUT2D eigenvalue weighted by atomic mass is 9.85. The van der Waals surface area contributed by atoms with Crippen LogP contribution in [0.5, 0.6) is 0 Å². The lowest BCUT2D eigenvalue weighted by molar-refractivity contribution is 0.259. The highest BCUT2D eigenvalue weighted by Gasteiger charge is 2.25. The number of rotatable bonds is 3. The molecule has 5 heteroatoms. The van der Waals surface area contributed by atoms with Crippen molar-refractivity contribution in [3.05, 3.63) is 5.82 Å². The molecule has 2 aliphatic rings. The molecule has 2 fully saturated rings. The minimum Gasteiger partial charge on any atom is -0.316 e. The van der Waals surface area contributed by atoms with Gasteiger partial charge >= 0.3 is 0 Å². The minimum absolute atomic E-state index is 0.528. The van der Waals surface area contributed by atoms with Crippen LogP contribution in [-0.2, 0) is 6.54 Å². The van der Waals surface area contributed by atoms with Gasteiger partial charge in [-0.3, -0.25) is 0 Å². The van der Waals surface area contributed by atoms with Crippen molar-refractivity contribution >= 4 is 0 Å². The Kier molecular flexibility index (Phi) is 2.40. The van der Waals surface area contributed by atoms with Crippen LogP contribution in [-0.4, -0.2) is 33.3 Å². The fraction of sp³-hybridized carbons (Fsp3) is 0.900. The zero-order valence-electron chi connectivity index (χ0n) is 8.89. The Morgan fingerprint density at radius 3 is 2.93 bits per heavy atom. The first-order valence-corrected chi connectivity index (χ1v) is 5.90. The zero-order chi connectivity index (χ0) is 10.1. The first-order valence-electron chi connectivity index (χ1n) is 5.90. The van der Waals surface area contributed by atoms with E-state index in [9.17, 15) is 0 Å². The average molecular weight is 207 g/mol. The zero-order valence-corrected chi connectivity index (χ0v) is 8.89. The normalized spacial score (nSPS) is 26.8. The van der Waals surface area contributed by atoms with Gasteiger partial charge in [0.15, 0.2) is 5.82 Å². The second kappa shape index (κ2) is 3.89. The first-order chi connectivity index (χ1) is 7.43. The van der Waals surface area contributed by atoms with Crippen LogP contribution in [0.1, 0.15) is 37.4 Å². The first kappa shape index (κ1) is 9.27. The van der Waals surface area contributed by atoms with Gasteiger partial charge in [-0.25, -0.2) is 4.68 Å². The Labute approximate surface area is 89.2 Å². The SMILES string of the molecule is C1CC(Cn2nnnc2C2CCNC2)C1. The summed E-state index contributed by atoms with van der Waals surface area (Å²) in [6, 6.07) is 0. The molecule has 1 aliphatic carbocycles. The number of nitrogens with one attached hydrogen (secondary N) is 1.